The molecule has 0 aliphatic rings. The molecule has 2 aromatic heterocycles. The zero-order valence-electron chi connectivity index (χ0n) is 14.6. The average Bonchev–Trinajstić information content (AvgIpc) is 3.28. The third-order valence-corrected chi connectivity index (χ3v) is 6.66. The average molecular weight is 393 g/mol. The molecule has 0 fully saturated rings. The maximum absolute atomic E-state index is 11.9. The van der Waals surface area contributed by atoms with E-state index in [0.717, 1.165) is 5.69 Å². The number of thioether (sulfide) groups is 1. The van der Waals surface area contributed by atoms with Crippen LogP contribution in [0.1, 0.15) is 6.42 Å². The fraction of sp³-hybridized carbons (Fsp3) is 0.294. The van der Waals surface area contributed by atoms with Crippen molar-refractivity contribution in [2.45, 2.75) is 11.6 Å². The molecule has 9 heteroatoms. The molecular weight excluding hydrogens is 372 g/mol. The molecular formula is C17H20N4O3S2. The molecule has 26 heavy (non-hydrogen) atoms. The molecule has 0 saturated heterocycles. The number of para-hydroxylation sites is 1. The van der Waals surface area contributed by atoms with Crippen LogP contribution in [0.2, 0.25) is 0 Å². The summed E-state index contributed by atoms with van der Waals surface area (Å²) in [5, 5.41) is 9.24. The first-order chi connectivity index (χ1) is 12.5. The van der Waals surface area contributed by atoms with E-state index in [0.29, 0.717) is 28.9 Å². The van der Waals surface area contributed by atoms with Crippen LogP contribution in [0.5, 0.6) is 0 Å². The third-order valence-electron chi connectivity index (χ3n) is 3.72. The molecule has 0 bridgehead atoms. The highest BCUT2D eigenvalue weighted by Crippen LogP contribution is 2.28. The molecule has 3 rings (SSSR count). The second-order valence-corrected chi connectivity index (χ2v) is 9.12. The standard InChI is InChI=1S/C17H20N4O3S2/c1-20(2)26(22,23)13-7-12-25-17-19-18-16(15-10-6-11-24-15)21(17)14-8-4-3-5-9-14/h3-6,8-11H,7,12-13H2,1-2H3. The van der Waals surface area contributed by atoms with Gasteiger partial charge in [0.1, 0.15) is 0 Å². The lowest BCUT2D eigenvalue weighted by atomic mass is 10.3. The molecule has 0 spiro atoms. The van der Waals surface area contributed by atoms with Crippen LogP contribution < -0.4 is 0 Å². The second kappa shape index (κ2) is 8.07. The topological polar surface area (TPSA) is 81.2 Å². The molecule has 0 atom stereocenters. The van der Waals surface area contributed by atoms with Crippen molar-refractivity contribution in [2.75, 3.05) is 25.6 Å². The first-order valence-electron chi connectivity index (χ1n) is 8.07. The van der Waals surface area contributed by atoms with E-state index < -0.39 is 10.0 Å². The summed E-state index contributed by atoms with van der Waals surface area (Å²) in [6.07, 6.45) is 2.13. The summed E-state index contributed by atoms with van der Waals surface area (Å²) in [6, 6.07) is 13.4. The highest BCUT2D eigenvalue weighted by Gasteiger charge is 2.18. The number of aromatic nitrogens is 3. The maximum atomic E-state index is 11.9. The lowest BCUT2D eigenvalue weighted by Crippen LogP contribution is -2.25. The van der Waals surface area contributed by atoms with Crippen LogP contribution in [-0.4, -0.2) is 53.1 Å². The molecule has 0 amide bonds. The largest absolute Gasteiger partial charge is 0.461 e. The number of benzene rings is 1. The minimum atomic E-state index is -3.18. The number of nitrogens with zero attached hydrogens (tertiary/aromatic N) is 4. The minimum absolute atomic E-state index is 0.109. The van der Waals surface area contributed by atoms with Gasteiger partial charge in [0.25, 0.3) is 0 Å². The SMILES string of the molecule is CN(C)S(=O)(=O)CCCSc1nnc(-c2ccco2)n1-c1ccccc1. The summed E-state index contributed by atoms with van der Waals surface area (Å²) in [4.78, 5) is 0. The Labute approximate surface area is 157 Å². The van der Waals surface area contributed by atoms with Crippen molar-refractivity contribution in [1.29, 1.82) is 0 Å². The van der Waals surface area contributed by atoms with Crippen molar-refractivity contribution in [2.24, 2.45) is 0 Å². The molecule has 138 valence electrons. The van der Waals surface area contributed by atoms with Crippen LogP contribution >= 0.6 is 11.8 Å². The maximum Gasteiger partial charge on any atom is 0.213 e. The molecule has 0 radical (unpaired) electrons. The Morgan fingerprint density at radius 3 is 2.54 bits per heavy atom. The van der Waals surface area contributed by atoms with Crippen LogP contribution in [0.25, 0.3) is 17.3 Å². The van der Waals surface area contributed by atoms with E-state index in [1.165, 1.54) is 16.1 Å². The molecule has 0 aliphatic carbocycles. The van der Waals surface area contributed by atoms with Gasteiger partial charge in [0.15, 0.2) is 10.9 Å². The van der Waals surface area contributed by atoms with E-state index in [-0.39, 0.29) is 5.75 Å². The number of sulfonamides is 1. The molecule has 0 aliphatic heterocycles. The van der Waals surface area contributed by atoms with Gasteiger partial charge < -0.3 is 4.42 Å². The quantitative estimate of drug-likeness (QED) is 0.433. The number of rotatable bonds is 8. The van der Waals surface area contributed by atoms with Crippen LogP contribution in [0, 0.1) is 0 Å². The molecule has 0 N–H and O–H groups in total. The predicted octanol–water partition coefficient (Wildman–Crippen LogP) is 2.90. The summed E-state index contributed by atoms with van der Waals surface area (Å²) in [5.41, 5.74) is 0.923. The van der Waals surface area contributed by atoms with Gasteiger partial charge in [-0.15, -0.1) is 10.2 Å². The fourth-order valence-electron chi connectivity index (χ4n) is 2.33. The van der Waals surface area contributed by atoms with E-state index in [1.807, 2.05) is 41.0 Å². The van der Waals surface area contributed by atoms with E-state index in [4.69, 9.17) is 4.42 Å². The molecule has 3 aromatic rings. The van der Waals surface area contributed by atoms with Gasteiger partial charge in [0.05, 0.1) is 12.0 Å². The van der Waals surface area contributed by atoms with E-state index in [2.05, 4.69) is 10.2 Å². The van der Waals surface area contributed by atoms with Gasteiger partial charge in [-0.2, -0.15) is 0 Å². The first-order valence-corrected chi connectivity index (χ1v) is 10.7. The van der Waals surface area contributed by atoms with Crippen LogP contribution in [0.4, 0.5) is 0 Å². The van der Waals surface area contributed by atoms with Crippen molar-refractivity contribution < 1.29 is 12.8 Å². The van der Waals surface area contributed by atoms with E-state index in [9.17, 15) is 8.42 Å². The van der Waals surface area contributed by atoms with Gasteiger partial charge in [0.2, 0.25) is 15.8 Å². The third kappa shape index (κ3) is 4.17. The molecule has 1 aromatic carbocycles. The Hall–Kier alpha value is -2.10. The molecule has 0 saturated carbocycles. The van der Waals surface area contributed by atoms with Crippen molar-refractivity contribution in [1.82, 2.24) is 19.1 Å². The predicted molar refractivity (Wildman–Crippen MR) is 102 cm³/mol. The Kier molecular flexibility index (Phi) is 5.80. The Balaban J connectivity index is 1.80. The fourth-order valence-corrected chi connectivity index (χ4v) is 4.27. The second-order valence-electron chi connectivity index (χ2n) is 5.75. The zero-order chi connectivity index (χ0) is 18.6. The summed E-state index contributed by atoms with van der Waals surface area (Å²) in [6.45, 7) is 0. The lowest BCUT2D eigenvalue weighted by molar-refractivity contribution is 0.520. The number of hydrogen-bond acceptors (Lipinski definition) is 6. The molecule has 2 heterocycles. The zero-order valence-corrected chi connectivity index (χ0v) is 16.2. The van der Waals surface area contributed by atoms with Crippen molar-refractivity contribution in [3.05, 3.63) is 48.7 Å². The highest BCUT2D eigenvalue weighted by atomic mass is 32.2. The van der Waals surface area contributed by atoms with Gasteiger partial charge in [-0.25, -0.2) is 12.7 Å². The van der Waals surface area contributed by atoms with Crippen molar-refractivity contribution >= 4 is 21.8 Å². The first kappa shape index (κ1) is 18.7. The minimum Gasteiger partial charge on any atom is -0.461 e. The summed E-state index contributed by atoms with van der Waals surface area (Å²) >= 11 is 1.48. The molecule has 7 nitrogen and oxygen atoms in total. The smallest absolute Gasteiger partial charge is 0.213 e. The monoisotopic (exact) mass is 392 g/mol. The Morgan fingerprint density at radius 1 is 1.12 bits per heavy atom. The van der Waals surface area contributed by atoms with Gasteiger partial charge in [-0.05, 0) is 30.7 Å². The summed E-state index contributed by atoms with van der Waals surface area (Å²) in [5.74, 6) is 1.97. The number of hydrogen-bond donors (Lipinski definition) is 0. The highest BCUT2D eigenvalue weighted by molar-refractivity contribution is 7.99. The Bertz CT molecular complexity index is 936. The van der Waals surface area contributed by atoms with Crippen LogP contribution in [0.15, 0.2) is 58.3 Å². The van der Waals surface area contributed by atoms with E-state index >= 15 is 0 Å². The summed E-state index contributed by atoms with van der Waals surface area (Å²) < 4.78 is 32.4. The molecule has 0 unspecified atom stereocenters. The van der Waals surface area contributed by atoms with Crippen LogP contribution in [-0.2, 0) is 10.0 Å². The number of furan rings is 1. The van der Waals surface area contributed by atoms with E-state index in [1.54, 1.807) is 26.4 Å². The van der Waals surface area contributed by atoms with Crippen LogP contribution in [0.3, 0.4) is 0 Å². The van der Waals surface area contributed by atoms with Gasteiger partial charge in [0, 0.05) is 25.5 Å². The van der Waals surface area contributed by atoms with Crippen molar-refractivity contribution in [3.8, 4) is 17.3 Å². The Morgan fingerprint density at radius 2 is 1.88 bits per heavy atom. The van der Waals surface area contributed by atoms with Crippen molar-refractivity contribution in [3.63, 3.8) is 0 Å². The van der Waals surface area contributed by atoms with Gasteiger partial charge in [-0.1, -0.05) is 30.0 Å². The lowest BCUT2D eigenvalue weighted by Gasteiger charge is -2.11. The summed E-state index contributed by atoms with van der Waals surface area (Å²) in [7, 11) is -0.0914. The van der Waals surface area contributed by atoms with Gasteiger partial charge in [-0.3, -0.25) is 4.57 Å². The van der Waals surface area contributed by atoms with Gasteiger partial charge >= 0.3 is 0 Å². The normalized spacial score (nSPS) is 12.0.